The maximum Gasteiger partial charge on any atom is 0.416 e. The van der Waals surface area contributed by atoms with E-state index in [0.717, 1.165) is 42.6 Å². The third-order valence-electron chi connectivity index (χ3n) is 9.59. The lowest BCUT2D eigenvalue weighted by Crippen LogP contribution is -2.47. The fourth-order valence-electron chi connectivity index (χ4n) is 7.05. The Morgan fingerprint density at radius 2 is 1.48 bits per heavy atom. The number of tetrazole rings is 1. The number of aryl methyl sites for hydroxylation is 1. The molecule has 1 fully saturated rings. The Hall–Kier alpha value is -3.56. The molecule has 2 heterocycles. The summed E-state index contributed by atoms with van der Waals surface area (Å²) < 4.78 is 125. The molecule has 16 heteroatoms. The summed E-state index contributed by atoms with van der Waals surface area (Å²) in [5.74, 6) is 0.235. The van der Waals surface area contributed by atoms with Crippen LogP contribution in [0.1, 0.15) is 86.2 Å². The smallest absolute Gasteiger partial charge is 0.393 e. The number of hydrogen-bond donors (Lipinski definition) is 1. The molecular formula is C32H37F9N6O. The number of hydrogen-bond acceptors (Lipinski definition) is 6. The molecular weight excluding hydrogens is 655 g/mol. The Morgan fingerprint density at radius 1 is 0.875 bits per heavy atom. The Balaban J connectivity index is 1.60. The van der Waals surface area contributed by atoms with E-state index in [1.54, 1.807) is 6.92 Å². The van der Waals surface area contributed by atoms with Gasteiger partial charge in [-0.25, -0.2) is 0 Å². The van der Waals surface area contributed by atoms with E-state index in [9.17, 15) is 44.6 Å². The van der Waals surface area contributed by atoms with Gasteiger partial charge in [0.05, 0.1) is 35.9 Å². The molecule has 1 aliphatic heterocycles. The van der Waals surface area contributed by atoms with Gasteiger partial charge >= 0.3 is 18.5 Å². The van der Waals surface area contributed by atoms with Crippen molar-refractivity contribution in [3.63, 3.8) is 0 Å². The van der Waals surface area contributed by atoms with Crippen LogP contribution >= 0.6 is 0 Å². The first-order chi connectivity index (χ1) is 22.3. The van der Waals surface area contributed by atoms with Crippen molar-refractivity contribution in [2.75, 3.05) is 16.3 Å². The number of anilines is 2. The van der Waals surface area contributed by atoms with E-state index in [-0.39, 0.29) is 47.4 Å². The van der Waals surface area contributed by atoms with Crippen LogP contribution < -0.4 is 9.80 Å². The molecule has 2 aliphatic rings. The van der Waals surface area contributed by atoms with Gasteiger partial charge in [0.25, 0.3) is 5.95 Å². The van der Waals surface area contributed by atoms with Crippen LogP contribution in [0.25, 0.3) is 0 Å². The third-order valence-corrected chi connectivity index (χ3v) is 9.59. The average molecular weight is 693 g/mol. The van der Waals surface area contributed by atoms with Gasteiger partial charge in [-0.3, -0.25) is 0 Å². The van der Waals surface area contributed by atoms with E-state index < -0.39 is 53.9 Å². The number of aliphatic hydroxyl groups is 1. The molecule has 1 saturated carbocycles. The average Bonchev–Trinajstić information content (AvgIpc) is 3.44. The fraction of sp³-hybridized carbons (Fsp3) is 0.594. The number of aliphatic hydroxyl groups excluding tert-OH is 1. The minimum absolute atomic E-state index is 0.0274. The highest BCUT2D eigenvalue weighted by Crippen LogP contribution is 2.47. The minimum Gasteiger partial charge on any atom is -0.393 e. The first-order valence-electron chi connectivity index (χ1n) is 15.8. The monoisotopic (exact) mass is 692 g/mol. The third kappa shape index (κ3) is 7.84. The van der Waals surface area contributed by atoms with Crippen LogP contribution in [0.15, 0.2) is 36.4 Å². The van der Waals surface area contributed by atoms with Crippen LogP contribution in [-0.4, -0.2) is 44.0 Å². The highest BCUT2D eigenvalue weighted by molar-refractivity contribution is 5.62. The van der Waals surface area contributed by atoms with Gasteiger partial charge in [-0.1, -0.05) is 12.0 Å². The van der Waals surface area contributed by atoms with E-state index in [0.29, 0.717) is 30.8 Å². The standard InChI is InChI=1S/C32H37F9N6O/c1-4-25-15-28(26-14-22(30(33,34)35)9-10-27(26)46(25)16-19-5-7-21(8-6-19)18(2)48)47(29-42-44-45(3)43-29)17-20-11-23(31(36,37)38)13-24(12-20)32(39,40)41/h9-14,18-19,21,25,28,48H,4-8,15-17H2,1-3H3/t18-,19?,21?,25?,28?/m1/s1. The normalized spacial score (nSPS) is 22.8. The number of nitrogens with zero attached hydrogens (tertiary/aromatic N) is 6. The van der Waals surface area contributed by atoms with Crippen molar-refractivity contribution >= 4 is 11.6 Å². The van der Waals surface area contributed by atoms with Crippen LogP contribution in [0.4, 0.5) is 51.1 Å². The van der Waals surface area contributed by atoms with Crippen molar-refractivity contribution in [3.05, 3.63) is 64.2 Å². The van der Waals surface area contributed by atoms with Crippen molar-refractivity contribution < 1.29 is 44.6 Å². The molecule has 0 bridgehead atoms. The summed E-state index contributed by atoms with van der Waals surface area (Å²) in [7, 11) is 1.42. The molecule has 3 aromatic rings. The minimum atomic E-state index is -5.09. The Bertz CT molecular complexity index is 1530. The van der Waals surface area contributed by atoms with Crippen LogP contribution in [-0.2, 0) is 32.1 Å². The summed E-state index contributed by atoms with van der Waals surface area (Å²) in [5.41, 5.74) is -3.62. The predicted molar refractivity (Wildman–Crippen MR) is 159 cm³/mol. The lowest BCUT2D eigenvalue weighted by Gasteiger charge is -2.47. The number of halogens is 9. The largest absolute Gasteiger partial charge is 0.416 e. The molecule has 3 atom stereocenters. The number of alkyl halides is 9. The zero-order chi connectivity index (χ0) is 35.2. The topological polar surface area (TPSA) is 70.3 Å². The molecule has 1 aromatic heterocycles. The zero-order valence-electron chi connectivity index (χ0n) is 26.5. The molecule has 0 amide bonds. The second-order valence-electron chi connectivity index (χ2n) is 12.9. The molecule has 5 rings (SSSR count). The fourth-order valence-corrected chi connectivity index (χ4v) is 7.05. The van der Waals surface area contributed by atoms with E-state index in [2.05, 4.69) is 20.3 Å². The molecule has 0 spiro atoms. The number of fused-ring (bicyclic) bond motifs is 1. The van der Waals surface area contributed by atoms with Gasteiger partial charge < -0.3 is 14.9 Å². The van der Waals surface area contributed by atoms with Gasteiger partial charge in [0.1, 0.15) is 0 Å². The quantitative estimate of drug-likeness (QED) is 0.240. The SMILES string of the molecule is CCC1CC(N(Cc2cc(C(F)(F)F)cc(C(F)(F)F)c2)c2nnn(C)n2)c2cc(C(F)(F)F)ccc2N1CC1CCC([C@@H](C)O)CC1. The van der Waals surface area contributed by atoms with E-state index in [1.807, 2.05) is 6.92 Å². The summed E-state index contributed by atoms with van der Waals surface area (Å²) in [6, 6.07) is 3.41. The van der Waals surface area contributed by atoms with Gasteiger partial charge in [-0.2, -0.15) is 44.3 Å². The van der Waals surface area contributed by atoms with E-state index in [1.165, 1.54) is 18.0 Å². The maximum absolute atomic E-state index is 14.1. The van der Waals surface area contributed by atoms with Crippen molar-refractivity contribution in [3.8, 4) is 0 Å². The van der Waals surface area contributed by atoms with E-state index >= 15 is 0 Å². The highest BCUT2D eigenvalue weighted by atomic mass is 19.4. The zero-order valence-corrected chi connectivity index (χ0v) is 26.5. The highest BCUT2D eigenvalue weighted by Gasteiger charge is 2.42. The van der Waals surface area contributed by atoms with Crippen molar-refractivity contribution in [2.24, 2.45) is 18.9 Å². The summed E-state index contributed by atoms with van der Waals surface area (Å²) in [4.78, 5) is 4.47. The first kappa shape index (κ1) is 35.7. The summed E-state index contributed by atoms with van der Waals surface area (Å²) in [6.07, 6.45) is -11.3. The summed E-state index contributed by atoms with van der Waals surface area (Å²) in [6.45, 7) is 3.65. The number of aromatic nitrogens is 4. The predicted octanol–water partition coefficient (Wildman–Crippen LogP) is 8.19. The second-order valence-corrected chi connectivity index (χ2v) is 12.9. The van der Waals surface area contributed by atoms with Gasteiger partial charge in [0, 0.05) is 24.8 Å². The van der Waals surface area contributed by atoms with Gasteiger partial charge in [0.15, 0.2) is 0 Å². The van der Waals surface area contributed by atoms with Crippen LogP contribution in [0.3, 0.4) is 0 Å². The molecule has 1 aliphatic carbocycles. The van der Waals surface area contributed by atoms with Crippen molar-refractivity contribution in [1.29, 1.82) is 0 Å². The number of rotatable bonds is 8. The van der Waals surface area contributed by atoms with Crippen LogP contribution in [0.5, 0.6) is 0 Å². The van der Waals surface area contributed by atoms with Gasteiger partial charge in [0.2, 0.25) is 0 Å². The van der Waals surface area contributed by atoms with E-state index in [4.69, 9.17) is 0 Å². The van der Waals surface area contributed by atoms with Gasteiger partial charge in [-0.05, 0) is 110 Å². The Labute approximate surface area is 271 Å². The second kappa shape index (κ2) is 13.4. The Kier molecular flexibility index (Phi) is 9.97. The molecule has 2 aromatic carbocycles. The lowest BCUT2D eigenvalue weighted by molar-refractivity contribution is -0.143. The molecule has 2 unspecified atom stereocenters. The molecule has 7 nitrogen and oxygen atoms in total. The van der Waals surface area contributed by atoms with Crippen LogP contribution in [0.2, 0.25) is 0 Å². The summed E-state index contributed by atoms with van der Waals surface area (Å²) >= 11 is 0. The molecule has 48 heavy (non-hydrogen) atoms. The van der Waals surface area contributed by atoms with Crippen molar-refractivity contribution in [2.45, 2.75) is 95.6 Å². The Morgan fingerprint density at radius 3 is 1.98 bits per heavy atom. The first-order valence-corrected chi connectivity index (χ1v) is 15.8. The molecule has 0 saturated heterocycles. The molecule has 0 radical (unpaired) electrons. The molecule has 1 N–H and O–H groups in total. The number of benzene rings is 2. The molecule has 264 valence electrons. The van der Waals surface area contributed by atoms with Crippen LogP contribution in [0, 0.1) is 11.8 Å². The maximum atomic E-state index is 14.1. The van der Waals surface area contributed by atoms with Crippen molar-refractivity contribution in [1.82, 2.24) is 20.2 Å². The lowest BCUT2D eigenvalue weighted by atomic mass is 9.78. The summed E-state index contributed by atoms with van der Waals surface area (Å²) in [5, 5.41) is 22.0. The van der Waals surface area contributed by atoms with Gasteiger partial charge in [-0.15, -0.1) is 5.10 Å².